The van der Waals surface area contributed by atoms with Crippen molar-refractivity contribution in [3.8, 4) is 10.6 Å². The molecule has 6 heteroatoms. The highest BCUT2D eigenvalue weighted by Crippen LogP contribution is 2.55. The fraction of sp³-hybridized carbons (Fsp3) is 0.630. The molecule has 0 atom stereocenters. The summed E-state index contributed by atoms with van der Waals surface area (Å²) in [5.41, 5.74) is 3.49. The Morgan fingerprint density at radius 3 is 2.30 bits per heavy atom. The van der Waals surface area contributed by atoms with Gasteiger partial charge in [-0.1, -0.05) is 24.3 Å². The van der Waals surface area contributed by atoms with Crippen LogP contribution in [0, 0.1) is 17.8 Å². The number of thiazole rings is 1. The van der Waals surface area contributed by atoms with Crippen LogP contribution in [-0.4, -0.2) is 59.5 Å². The van der Waals surface area contributed by atoms with Gasteiger partial charge in [-0.2, -0.15) is 0 Å². The summed E-state index contributed by atoms with van der Waals surface area (Å²) in [4.78, 5) is 22.7. The SMILES string of the molecule is CN1CCN(Cc2ccc(-c3nc(CC(=O)NC45CC6CC(CC(C6)C4)C5)cs3)cc2)CC1. The molecule has 33 heavy (non-hydrogen) atoms. The highest BCUT2D eigenvalue weighted by atomic mass is 32.1. The largest absolute Gasteiger partial charge is 0.350 e. The van der Waals surface area contributed by atoms with Gasteiger partial charge >= 0.3 is 0 Å². The molecule has 1 aliphatic heterocycles. The number of hydrogen-bond donors (Lipinski definition) is 1. The zero-order valence-corrected chi connectivity index (χ0v) is 20.6. The Hall–Kier alpha value is -1.76. The van der Waals surface area contributed by atoms with E-state index in [1.807, 2.05) is 0 Å². The number of carbonyl (C=O) groups is 1. The van der Waals surface area contributed by atoms with Crippen LogP contribution < -0.4 is 5.32 Å². The summed E-state index contributed by atoms with van der Waals surface area (Å²) >= 11 is 1.65. The van der Waals surface area contributed by atoms with E-state index < -0.39 is 0 Å². The van der Waals surface area contributed by atoms with Crippen LogP contribution in [0.4, 0.5) is 0 Å². The van der Waals surface area contributed by atoms with Gasteiger partial charge in [-0.15, -0.1) is 11.3 Å². The number of benzene rings is 1. The molecule has 4 bridgehead atoms. The third-order valence-electron chi connectivity index (χ3n) is 8.54. The minimum Gasteiger partial charge on any atom is -0.350 e. The van der Waals surface area contributed by atoms with E-state index in [1.54, 1.807) is 11.3 Å². The quantitative estimate of drug-likeness (QED) is 0.697. The van der Waals surface area contributed by atoms with Crippen LogP contribution in [0.1, 0.15) is 49.8 Å². The zero-order chi connectivity index (χ0) is 22.4. The first-order valence-corrected chi connectivity index (χ1v) is 13.7. The van der Waals surface area contributed by atoms with E-state index in [1.165, 1.54) is 44.1 Å². The summed E-state index contributed by atoms with van der Waals surface area (Å²) < 4.78 is 0. The molecule has 2 heterocycles. The number of hydrogen-bond acceptors (Lipinski definition) is 5. The van der Waals surface area contributed by atoms with Crippen LogP contribution >= 0.6 is 11.3 Å². The molecule has 0 radical (unpaired) electrons. The van der Waals surface area contributed by atoms with E-state index >= 15 is 0 Å². The Bertz CT molecular complexity index is 957. The fourth-order valence-electron chi connectivity index (χ4n) is 7.31. The molecule has 0 unspecified atom stereocenters. The number of likely N-dealkylation sites (N-methyl/N-ethyl adjacent to an activating group) is 1. The molecular weight excluding hydrogens is 428 g/mol. The van der Waals surface area contributed by atoms with E-state index in [2.05, 4.69) is 51.8 Å². The molecule has 4 aliphatic carbocycles. The highest BCUT2D eigenvalue weighted by molar-refractivity contribution is 7.13. The van der Waals surface area contributed by atoms with Crippen molar-refractivity contribution < 1.29 is 4.79 Å². The Balaban J connectivity index is 1.05. The summed E-state index contributed by atoms with van der Waals surface area (Å²) in [5, 5.41) is 6.56. The van der Waals surface area contributed by atoms with Crippen molar-refractivity contribution in [1.82, 2.24) is 20.1 Å². The zero-order valence-electron chi connectivity index (χ0n) is 19.8. The minimum absolute atomic E-state index is 0.0876. The summed E-state index contributed by atoms with van der Waals surface area (Å²) in [7, 11) is 2.20. The van der Waals surface area contributed by atoms with Crippen molar-refractivity contribution in [3.05, 3.63) is 40.9 Å². The Kier molecular flexibility index (Phi) is 5.79. The van der Waals surface area contributed by atoms with Crippen molar-refractivity contribution >= 4 is 17.2 Å². The van der Waals surface area contributed by atoms with Gasteiger partial charge in [0.15, 0.2) is 0 Å². The van der Waals surface area contributed by atoms with E-state index in [9.17, 15) is 4.79 Å². The molecule has 1 amide bonds. The van der Waals surface area contributed by atoms with Crippen LogP contribution in [0.2, 0.25) is 0 Å². The summed E-state index contributed by atoms with van der Waals surface area (Å²) in [6.07, 6.45) is 8.21. The van der Waals surface area contributed by atoms with Crippen molar-refractivity contribution in [1.29, 1.82) is 0 Å². The van der Waals surface area contributed by atoms with E-state index in [-0.39, 0.29) is 11.4 Å². The lowest BCUT2D eigenvalue weighted by Gasteiger charge is -2.56. The standard InChI is InChI=1S/C27H36N4OS/c1-30-6-8-31(9-7-30)17-19-2-4-23(5-3-19)26-28-24(18-33-26)13-25(32)29-27-14-20-10-21(15-27)12-22(11-20)16-27/h2-5,18,20-22H,6-17H2,1H3,(H,29,32). The highest BCUT2D eigenvalue weighted by Gasteiger charge is 2.51. The maximum absolute atomic E-state index is 12.9. The monoisotopic (exact) mass is 464 g/mol. The Labute approximate surface area is 201 Å². The Morgan fingerprint density at radius 1 is 1.03 bits per heavy atom. The lowest BCUT2D eigenvalue weighted by molar-refractivity contribution is -0.126. The molecule has 1 aromatic carbocycles. The number of amides is 1. The average Bonchev–Trinajstić information content (AvgIpc) is 3.23. The van der Waals surface area contributed by atoms with Crippen molar-refractivity contribution in [2.24, 2.45) is 17.8 Å². The first kappa shape index (κ1) is 21.8. The predicted octanol–water partition coefficient (Wildman–Crippen LogP) is 4.19. The molecule has 5 fully saturated rings. The third kappa shape index (κ3) is 4.75. The van der Waals surface area contributed by atoms with Crippen molar-refractivity contribution in [3.63, 3.8) is 0 Å². The second kappa shape index (κ2) is 8.79. The number of aromatic nitrogens is 1. The van der Waals surface area contributed by atoms with Crippen LogP contribution in [0.5, 0.6) is 0 Å². The van der Waals surface area contributed by atoms with Gasteiger partial charge in [-0.3, -0.25) is 9.69 Å². The fourth-order valence-corrected chi connectivity index (χ4v) is 8.13. The first-order chi connectivity index (χ1) is 16.0. The number of nitrogens with one attached hydrogen (secondary N) is 1. The second-order valence-corrected chi connectivity index (χ2v) is 12.2. The Morgan fingerprint density at radius 2 is 1.67 bits per heavy atom. The number of rotatable bonds is 6. The van der Waals surface area contributed by atoms with E-state index in [0.717, 1.165) is 66.7 Å². The van der Waals surface area contributed by atoms with Crippen molar-refractivity contribution in [2.45, 2.75) is 57.0 Å². The molecule has 1 N–H and O–H groups in total. The number of nitrogens with zero attached hydrogens (tertiary/aromatic N) is 3. The maximum atomic E-state index is 12.9. The van der Waals surface area contributed by atoms with Gasteiger partial charge in [0.1, 0.15) is 5.01 Å². The van der Waals surface area contributed by atoms with Crippen LogP contribution in [0.3, 0.4) is 0 Å². The average molecular weight is 465 g/mol. The molecular formula is C27H36N4OS. The minimum atomic E-state index is 0.0876. The van der Waals surface area contributed by atoms with Gasteiger partial charge in [0.05, 0.1) is 12.1 Å². The lowest BCUT2D eigenvalue weighted by Crippen LogP contribution is -2.60. The van der Waals surface area contributed by atoms with Crippen molar-refractivity contribution in [2.75, 3.05) is 33.2 Å². The van der Waals surface area contributed by atoms with Gasteiger partial charge in [0, 0.05) is 49.2 Å². The van der Waals surface area contributed by atoms with Crippen LogP contribution in [-0.2, 0) is 17.8 Å². The predicted molar refractivity (Wildman–Crippen MR) is 133 cm³/mol. The maximum Gasteiger partial charge on any atom is 0.226 e. The number of piperazine rings is 1. The second-order valence-electron chi connectivity index (χ2n) is 11.3. The molecule has 1 saturated heterocycles. The van der Waals surface area contributed by atoms with Gasteiger partial charge < -0.3 is 10.2 Å². The smallest absolute Gasteiger partial charge is 0.226 e. The molecule has 176 valence electrons. The van der Waals surface area contributed by atoms with E-state index in [0.29, 0.717) is 6.42 Å². The van der Waals surface area contributed by atoms with E-state index in [4.69, 9.17) is 4.98 Å². The summed E-state index contributed by atoms with van der Waals surface area (Å²) in [5.74, 6) is 2.71. The topological polar surface area (TPSA) is 48.5 Å². The molecule has 7 rings (SSSR count). The molecule has 4 saturated carbocycles. The van der Waals surface area contributed by atoms with Crippen LogP contribution in [0.15, 0.2) is 29.6 Å². The third-order valence-corrected chi connectivity index (χ3v) is 9.48. The molecule has 5 nitrogen and oxygen atoms in total. The van der Waals surface area contributed by atoms with Gasteiger partial charge in [-0.05, 0) is 68.9 Å². The number of carbonyl (C=O) groups excluding carboxylic acids is 1. The van der Waals surface area contributed by atoms with Crippen LogP contribution in [0.25, 0.3) is 10.6 Å². The van der Waals surface area contributed by atoms with Gasteiger partial charge in [0.2, 0.25) is 5.91 Å². The molecule has 0 spiro atoms. The molecule has 5 aliphatic rings. The lowest BCUT2D eigenvalue weighted by atomic mass is 9.53. The summed E-state index contributed by atoms with van der Waals surface area (Å²) in [6, 6.07) is 8.83. The molecule has 1 aromatic heterocycles. The molecule has 2 aromatic rings. The van der Waals surface area contributed by atoms with Gasteiger partial charge in [0.25, 0.3) is 0 Å². The van der Waals surface area contributed by atoms with Gasteiger partial charge in [-0.25, -0.2) is 4.98 Å². The summed E-state index contributed by atoms with van der Waals surface area (Å²) in [6.45, 7) is 5.59. The first-order valence-electron chi connectivity index (χ1n) is 12.8. The normalized spacial score (nSPS) is 31.7.